The van der Waals surface area contributed by atoms with Gasteiger partial charge in [-0.1, -0.05) is 6.92 Å². The van der Waals surface area contributed by atoms with E-state index in [1.165, 1.54) is 7.11 Å². The lowest BCUT2D eigenvalue weighted by Gasteiger charge is -2.27. The van der Waals surface area contributed by atoms with Crippen LogP contribution in [0.1, 0.15) is 13.3 Å². The van der Waals surface area contributed by atoms with Gasteiger partial charge in [0.2, 0.25) is 5.91 Å². The molecular formula is C8H14N2O3. The van der Waals surface area contributed by atoms with Crippen molar-refractivity contribution in [3.05, 3.63) is 0 Å². The summed E-state index contributed by atoms with van der Waals surface area (Å²) in [6.45, 7) is 2.35. The molecule has 2 atom stereocenters. The number of ether oxygens (including phenoxy) is 1. The molecule has 2 N–H and O–H groups in total. The maximum atomic E-state index is 11.3. The summed E-state index contributed by atoms with van der Waals surface area (Å²) in [5.74, 6) is -0.542. The van der Waals surface area contributed by atoms with Crippen LogP contribution >= 0.6 is 0 Å². The topological polar surface area (TPSA) is 67.4 Å². The van der Waals surface area contributed by atoms with Crippen LogP contribution in [0.2, 0.25) is 0 Å². The molecule has 13 heavy (non-hydrogen) atoms. The normalized spacial score (nSPS) is 28.0. The summed E-state index contributed by atoms with van der Waals surface area (Å²) >= 11 is 0. The first-order valence-corrected chi connectivity index (χ1v) is 4.30. The van der Waals surface area contributed by atoms with Gasteiger partial charge in [0, 0.05) is 6.54 Å². The first-order valence-electron chi connectivity index (χ1n) is 4.30. The molecule has 1 fully saturated rings. The van der Waals surface area contributed by atoms with Crippen LogP contribution in [0, 0.1) is 0 Å². The fourth-order valence-corrected chi connectivity index (χ4v) is 1.29. The Morgan fingerprint density at radius 1 is 1.69 bits per heavy atom. The quantitative estimate of drug-likeness (QED) is 0.544. The van der Waals surface area contributed by atoms with Crippen LogP contribution < -0.4 is 10.6 Å². The van der Waals surface area contributed by atoms with E-state index in [2.05, 4.69) is 15.4 Å². The summed E-state index contributed by atoms with van der Waals surface area (Å²) in [6.07, 6.45) is 0.722. The second-order valence-corrected chi connectivity index (χ2v) is 2.95. The van der Waals surface area contributed by atoms with Gasteiger partial charge in [-0.25, -0.2) is 4.79 Å². The lowest BCUT2D eigenvalue weighted by molar-refractivity contribution is -0.146. The summed E-state index contributed by atoms with van der Waals surface area (Å²) in [6, 6.07) is -0.721. The fourth-order valence-electron chi connectivity index (χ4n) is 1.29. The summed E-state index contributed by atoms with van der Waals surface area (Å²) in [4.78, 5) is 22.3. The molecule has 74 valence electrons. The van der Waals surface area contributed by atoms with E-state index < -0.39 is 12.0 Å². The molecule has 0 saturated carbocycles. The molecule has 1 rings (SSSR count). The van der Waals surface area contributed by atoms with E-state index in [4.69, 9.17) is 0 Å². The van der Waals surface area contributed by atoms with Crippen molar-refractivity contribution in [1.29, 1.82) is 0 Å². The number of hydrogen-bond acceptors (Lipinski definition) is 4. The van der Waals surface area contributed by atoms with Crippen molar-refractivity contribution in [2.75, 3.05) is 13.7 Å². The Kier molecular flexibility index (Phi) is 3.25. The van der Waals surface area contributed by atoms with E-state index >= 15 is 0 Å². The second-order valence-electron chi connectivity index (χ2n) is 2.95. The van der Waals surface area contributed by atoms with Gasteiger partial charge in [-0.2, -0.15) is 0 Å². The molecular weight excluding hydrogens is 172 g/mol. The van der Waals surface area contributed by atoms with Gasteiger partial charge in [0.25, 0.3) is 0 Å². The first kappa shape index (κ1) is 9.98. The molecule has 1 heterocycles. The summed E-state index contributed by atoms with van der Waals surface area (Å²) in [7, 11) is 1.31. The molecule has 5 nitrogen and oxygen atoms in total. The van der Waals surface area contributed by atoms with Crippen molar-refractivity contribution in [1.82, 2.24) is 10.6 Å². The van der Waals surface area contributed by atoms with Crippen molar-refractivity contribution < 1.29 is 14.3 Å². The standard InChI is InChI=1S/C8H14N2O3/c1-3-5-7(11)10-6(4-9-5)8(12)13-2/h5-6,9H,3-4H2,1-2H3,(H,10,11)/t5-,6?/m1/s1. The molecule has 1 saturated heterocycles. The highest BCUT2D eigenvalue weighted by atomic mass is 16.5. The molecule has 0 spiro atoms. The van der Waals surface area contributed by atoms with E-state index in [1.807, 2.05) is 6.92 Å². The summed E-state index contributed by atoms with van der Waals surface area (Å²) in [5, 5.41) is 5.56. The van der Waals surface area contributed by atoms with E-state index in [1.54, 1.807) is 0 Å². The second kappa shape index (κ2) is 4.23. The van der Waals surface area contributed by atoms with Crippen LogP contribution in [0.5, 0.6) is 0 Å². The average molecular weight is 186 g/mol. The molecule has 0 aromatic carbocycles. The van der Waals surface area contributed by atoms with E-state index in [9.17, 15) is 9.59 Å². The Bertz CT molecular complexity index is 217. The highest BCUT2D eigenvalue weighted by Gasteiger charge is 2.30. The Labute approximate surface area is 76.8 Å². The maximum absolute atomic E-state index is 11.3. The van der Waals surface area contributed by atoms with Crippen LogP contribution in [-0.2, 0) is 14.3 Å². The van der Waals surface area contributed by atoms with Gasteiger partial charge in [0.15, 0.2) is 0 Å². The number of rotatable bonds is 2. The van der Waals surface area contributed by atoms with Crippen LogP contribution in [0.4, 0.5) is 0 Å². The highest BCUT2D eigenvalue weighted by Crippen LogP contribution is 2.00. The number of carbonyl (C=O) groups excluding carboxylic acids is 2. The van der Waals surface area contributed by atoms with Crippen molar-refractivity contribution in [3.8, 4) is 0 Å². The van der Waals surface area contributed by atoms with Crippen molar-refractivity contribution in [2.45, 2.75) is 25.4 Å². The van der Waals surface area contributed by atoms with E-state index in [-0.39, 0.29) is 11.9 Å². The average Bonchev–Trinajstić information content (AvgIpc) is 2.16. The van der Waals surface area contributed by atoms with Crippen LogP contribution in [0.25, 0.3) is 0 Å². The number of amides is 1. The van der Waals surface area contributed by atoms with Crippen LogP contribution in [0.3, 0.4) is 0 Å². The molecule has 5 heteroatoms. The molecule has 1 aliphatic heterocycles. The van der Waals surface area contributed by atoms with Crippen LogP contribution in [0.15, 0.2) is 0 Å². The number of hydrogen-bond donors (Lipinski definition) is 2. The minimum atomic E-state index is -0.541. The van der Waals surface area contributed by atoms with Gasteiger partial charge in [-0.05, 0) is 6.42 Å². The molecule has 1 amide bonds. The van der Waals surface area contributed by atoms with Gasteiger partial charge in [-0.15, -0.1) is 0 Å². The highest BCUT2D eigenvalue weighted by molar-refractivity contribution is 5.89. The predicted molar refractivity (Wildman–Crippen MR) is 46.0 cm³/mol. The van der Waals surface area contributed by atoms with Gasteiger partial charge >= 0.3 is 5.97 Å². The Hall–Kier alpha value is -1.10. The third-order valence-corrected chi connectivity index (χ3v) is 2.10. The Morgan fingerprint density at radius 3 is 2.85 bits per heavy atom. The Balaban J connectivity index is 2.50. The molecule has 0 aliphatic carbocycles. The van der Waals surface area contributed by atoms with Gasteiger partial charge < -0.3 is 15.4 Å². The van der Waals surface area contributed by atoms with Gasteiger partial charge in [-0.3, -0.25) is 4.79 Å². The van der Waals surface area contributed by atoms with Gasteiger partial charge in [0.1, 0.15) is 6.04 Å². The number of methoxy groups -OCH3 is 1. The minimum absolute atomic E-state index is 0.135. The number of nitrogens with one attached hydrogen (secondary N) is 2. The number of esters is 1. The third kappa shape index (κ3) is 2.18. The zero-order chi connectivity index (χ0) is 9.84. The SMILES string of the molecule is CC[C@H]1NCC(C(=O)OC)NC1=O. The largest absolute Gasteiger partial charge is 0.467 e. The lowest BCUT2D eigenvalue weighted by atomic mass is 10.1. The first-order chi connectivity index (χ1) is 6.19. The van der Waals surface area contributed by atoms with Crippen molar-refractivity contribution >= 4 is 11.9 Å². The Morgan fingerprint density at radius 2 is 2.38 bits per heavy atom. The van der Waals surface area contributed by atoms with Crippen LogP contribution in [-0.4, -0.2) is 37.6 Å². The fraction of sp³-hybridized carbons (Fsp3) is 0.750. The molecule has 0 radical (unpaired) electrons. The van der Waals surface area contributed by atoms with Crippen molar-refractivity contribution in [3.63, 3.8) is 0 Å². The minimum Gasteiger partial charge on any atom is -0.467 e. The molecule has 1 unspecified atom stereocenters. The maximum Gasteiger partial charge on any atom is 0.329 e. The smallest absolute Gasteiger partial charge is 0.329 e. The zero-order valence-electron chi connectivity index (χ0n) is 7.79. The number of carbonyl (C=O) groups is 2. The van der Waals surface area contributed by atoms with Gasteiger partial charge in [0.05, 0.1) is 13.2 Å². The number of piperazine rings is 1. The molecule has 0 aromatic rings. The van der Waals surface area contributed by atoms with Crippen molar-refractivity contribution in [2.24, 2.45) is 0 Å². The molecule has 0 bridgehead atoms. The summed E-state index contributed by atoms with van der Waals surface area (Å²) in [5.41, 5.74) is 0. The predicted octanol–water partition coefficient (Wildman–Crippen LogP) is -0.974. The van der Waals surface area contributed by atoms with E-state index in [0.29, 0.717) is 6.54 Å². The monoisotopic (exact) mass is 186 g/mol. The molecule has 0 aromatic heterocycles. The zero-order valence-corrected chi connectivity index (χ0v) is 7.79. The lowest BCUT2D eigenvalue weighted by Crippen LogP contribution is -2.60. The molecule has 1 aliphatic rings. The third-order valence-electron chi connectivity index (χ3n) is 2.10. The summed E-state index contributed by atoms with van der Waals surface area (Å²) < 4.78 is 4.51. The van der Waals surface area contributed by atoms with E-state index in [0.717, 1.165) is 6.42 Å².